The molecule has 0 heterocycles. The fourth-order valence-corrected chi connectivity index (χ4v) is 0.991. The van der Waals surface area contributed by atoms with Gasteiger partial charge in [-0.15, -0.1) is 0 Å². The second kappa shape index (κ2) is 3.36. The van der Waals surface area contributed by atoms with Crippen molar-refractivity contribution in [2.75, 3.05) is 0 Å². The lowest BCUT2D eigenvalue weighted by atomic mass is 10.0. The lowest BCUT2D eigenvalue weighted by molar-refractivity contribution is 0.604. The molecule has 0 aliphatic rings. The van der Waals surface area contributed by atoms with Crippen molar-refractivity contribution >= 4 is 0 Å². The maximum Gasteiger partial charge on any atom is 0.126 e. The molecular formula is C10H9FN. The van der Waals surface area contributed by atoms with Crippen LogP contribution in [-0.2, 0) is 0 Å². The van der Waals surface area contributed by atoms with E-state index in [9.17, 15) is 4.39 Å². The fourth-order valence-electron chi connectivity index (χ4n) is 0.991. The van der Waals surface area contributed by atoms with Gasteiger partial charge in [0.2, 0.25) is 0 Å². The Hall–Kier alpha value is -1.36. The van der Waals surface area contributed by atoms with E-state index in [0.717, 1.165) is 0 Å². The number of benzene rings is 1. The second-order valence-electron chi connectivity index (χ2n) is 2.75. The number of rotatable bonds is 1. The van der Waals surface area contributed by atoms with Crippen LogP contribution in [0.1, 0.15) is 24.0 Å². The Kier molecular flexibility index (Phi) is 2.44. The Morgan fingerprint density at radius 1 is 1.58 bits per heavy atom. The van der Waals surface area contributed by atoms with E-state index in [-0.39, 0.29) is 11.7 Å². The molecular weight excluding hydrogens is 153 g/mol. The van der Waals surface area contributed by atoms with Crippen LogP contribution in [0.2, 0.25) is 0 Å². The molecule has 0 saturated carbocycles. The lowest BCUT2D eigenvalue weighted by Gasteiger charge is -2.05. The Morgan fingerprint density at radius 2 is 2.25 bits per heavy atom. The smallest absolute Gasteiger partial charge is 0.126 e. The van der Waals surface area contributed by atoms with Crippen molar-refractivity contribution in [1.82, 2.24) is 0 Å². The third-order valence-electron chi connectivity index (χ3n) is 1.66. The first-order chi connectivity index (χ1) is 5.65. The molecule has 0 fully saturated rings. The van der Waals surface area contributed by atoms with Crippen LogP contribution in [0.15, 0.2) is 18.2 Å². The number of nitriles is 1. The maximum absolute atomic E-state index is 13.0. The van der Waals surface area contributed by atoms with E-state index in [0.29, 0.717) is 11.1 Å². The van der Waals surface area contributed by atoms with Gasteiger partial charge in [-0.1, -0.05) is 6.92 Å². The summed E-state index contributed by atoms with van der Waals surface area (Å²) < 4.78 is 13.0. The van der Waals surface area contributed by atoms with Crippen molar-refractivity contribution in [3.8, 4) is 6.07 Å². The molecule has 0 amide bonds. The summed E-state index contributed by atoms with van der Waals surface area (Å²) in [7, 11) is 0. The molecule has 1 aromatic carbocycles. The van der Waals surface area contributed by atoms with E-state index < -0.39 is 0 Å². The summed E-state index contributed by atoms with van der Waals surface area (Å²) in [6.07, 6.45) is 0. The maximum atomic E-state index is 13.0. The van der Waals surface area contributed by atoms with Crippen LogP contribution in [0.5, 0.6) is 0 Å². The van der Waals surface area contributed by atoms with E-state index in [1.54, 1.807) is 6.92 Å². The van der Waals surface area contributed by atoms with Gasteiger partial charge in [0, 0.05) is 0 Å². The van der Waals surface area contributed by atoms with Gasteiger partial charge in [0.25, 0.3) is 0 Å². The SMILES string of the molecule is [CH2]C(C)c1cc(C#N)ccc1F. The van der Waals surface area contributed by atoms with Crippen molar-refractivity contribution in [2.24, 2.45) is 0 Å². The molecule has 0 aliphatic carbocycles. The highest BCUT2D eigenvalue weighted by Gasteiger charge is 2.06. The van der Waals surface area contributed by atoms with Crippen LogP contribution >= 0.6 is 0 Å². The van der Waals surface area contributed by atoms with Gasteiger partial charge < -0.3 is 0 Å². The Bertz CT molecular complexity index is 323. The Balaban J connectivity index is 3.19. The molecule has 1 aromatic rings. The summed E-state index contributed by atoms with van der Waals surface area (Å²) in [5.74, 6) is -0.421. The summed E-state index contributed by atoms with van der Waals surface area (Å²) in [6.45, 7) is 5.49. The minimum atomic E-state index is -0.295. The molecule has 0 saturated heterocycles. The van der Waals surface area contributed by atoms with Crippen LogP contribution in [0.3, 0.4) is 0 Å². The average molecular weight is 162 g/mol. The zero-order valence-corrected chi connectivity index (χ0v) is 6.84. The first kappa shape index (κ1) is 8.73. The summed E-state index contributed by atoms with van der Waals surface area (Å²) in [6, 6.07) is 6.25. The van der Waals surface area contributed by atoms with Gasteiger partial charge in [0.15, 0.2) is 0 Å². The van der Waals surface area contributed by atoms with Gasteiger partial charge in [-0.2, -0.15) is 5.26 Å². The van der Waals surface area contributed by atoms with Gasteiger partial charge >= 0.3 is 0 Å². The second-order valence-corrected chi connectivity index (χ2v) is 2.75. The van der Waals surface area contributed by atoms with Crippen molar-refractivity contribution in [2.45, 2.75) is 12.8 Å². The van der Waals surface area contributed by atoms with Crippen molar-refractivity contribution < 1.29 is 4.39 Å². The minimum Gasteiger partial charge on any atom is -0.207 e. The van der Waals surface area contributed by atoms with Gasteiger partial charge in [-0.25, -0.2) is 4.39 Å². The van der Waals surface area contributed by atoms with E-state index in [2.05, 4.69) is 6.92 Å². The van der Waals surface area contributed by atoms with Crippen LogP contribution in [0.4, 0.5) is 4.39 Å². The van der Waals surface area contributed by atoms with Crippen LogP contribution in [0, 0.1) is 24.1 Å². The molecule has 12 heavy (non-hydrogen) atoms. The van der Waals surface area contributed by atoms with Gasteiger partial charge in [0.1, 0.15) is 5.82 Å². The van der Waals surface area contributed by atoms with Gasteiger partial charge in [0.05, 0.1) is 11.6 Å². The van der Waals surface area contributed by atoms with E-state index in [4.69, 9.17) is 5.26 Å². The van der Waals surface area contributed by atoms with Gasteiger partial charge in [-0.05, 0) is 36.6 Å². The van der Waals surface area contributed by atoms with E-state index in [1.165, 1.54) is 18.2 Å². The molecule has 61 valence electrons. The number of halogens is 1. The summed E-state index contributed by atoms with van der Waals surface area (Å²) in [5.41, 5.74) is 0.968. The largest absolute Gasteiger partial charge is 0.207 e. The van der Waals surface area contributed by atoms with Crippen molar-refractivity contribution in [3.05, 3.63) is 42.1 Å². The summed E-state index contributed by atoms with van der Waals surface area (Å²) in [5, 5.41) is 8.54. The molecule has 0 spiro atoms. The third-order valence-corrected chi connectivity index (χ3v) is 1.66. The van der Waals surface area contributed by atoms with Crippen LogP contribution in [-0.4, -0.2) is 0 Å². The summed E-state index contributed by atoms with van der Waals surface area (Å²) in [4.78, 5) is 0. The number of nitrogens with zero attached hydrogens (tertiary/aromatic N) is 1. The quantitative estimate of drug-likeness (QED) is 0.622. The molecule has 0 N–H and O–H groups in total. The van der Waals surface area contributed by atoms with Gasteiger partial charge in [-0.3, -0.25) is 0 Å². The van der Waals surface area contributed by atoms with E-state index in [1.807, 2.05) is 6.07 Å². The molecule has 1 radical (unpaired) electrons. The topological polar surface area (TPSA) is 23.8 Å². The molecule has 1 unspecified atom stereocenters. The summed E-state index contributed by atoms with van der Waals surface area (Å²) >= 11 is 0. The molecule has 1 nitrogen and oxygen atoms in total. The predicted octanol–water partition coefficient (Wildman–Crippen LogP) is 2.63. The van der Waals surface area contributed by atoms with Crippen molar-refractivity contribution in [3.63, 3.8) is 0 Å². The standard InChI is InChI=1S/C10H9FN/c1-7(2)9-5-8(6-12)3-4-10(9)11/h3-5,7H,1H2,2H3. The highest BCUT2D eigenvalue weighted by molar-refractivity contribution is 5.35. The van der Waals surface area contributed by atoms with Crippen LogP contribution < -0.4 is 0 Å². The Morgan fingerprint density at radius 3 is 2.75 bits per heavy atom. The first-order valence-corrected chi connectivity index (χ1v) is 3.67. The first-order valence-electron chi connectivity index (χ1n) is 3.67. The number of hydrogen-bond donors (Lipinski definition) is 0. The fraction of sp³-hybridized carbons (Fsp3) is 0.200. The predicted molar refractivity (Wildman–Crippen MR) is 44.9 cm³/mol. The number of hydrogen-bond acceptors (Lipinski definition) is 1. The average Bonchev–Trinajstić information content (AvgIpc) is 2.05. The normalized spacial score (nSPS) is 9.92. The highest BCUT2D eigenvalue weighted by atomic mass is 19.1. The molecule has 0 aromatic heterocycles. The van der Waals surface area contributed by atoms with E-state index >= 15 is 0 Å². The highest BCUT2D eigenvalue weighted by Crippen LogP contribution is 2.18. The molecule has 1 rings (SSSR count). The molecule has 2 heteroatoms. The van der Waals surface area contributed by atoms with Crippen molar-refractivity contribution in [1.29, 1.82) is 5.26 Å². The molecule has 1 atom stereocenters. The lowest BCUT2D eigenvalue weighted by Crippen LogP contribution is -1.93. The Labute approximate surface area is 71.4 Å². The van der Waals surface area contributed by atoms with Crippen LogP contribution in [0.25, 0.3) is 0 Å². The third kappa shape index (κ3) is 1.62. The monoisotopic (exact) mass is 162 g/mol. The zero-order valence-electron chi connectivity index (χ0n) is 6.84. The minimum absolute atomic E-state index is 0.127. The molecule has 0 aliphatic heterocycles. The molecule has 0 bridgehead atoms. The zero-order chi connectivity index (χ0) is 9.14.